The molecule has 2 aliphatic rings. The second-order valence-electron chi connectivity index (χ2n) is 6.92. The zero-order chi connectivity index (χ0) is 17.3. The molecule has 0 aromatic heterocycles. The highest BCUT2D eigenvalue weighted by Gasteiger charge is 2.52. The molecule has 1 saturated carbocycles. The Morgan fingerprint density at radius 2 is 1.56 bits per heavy atom. The van der Waals surface area contributed by atoms with Gasteiger partial charge in [-0.1, -0.05) is 61.7 Å². The number of carbonyl (C=O) groups is 2. The Hall–Kier alpha value is -2.46. The summed E-state index contributed by atoms with van der Waals surface area (Å²) in [5, 5.41) is 6.41. The van der Waals surface area contributed by atoms with E-state index in [1.54, 1.807) is 12.1 Å². The highest BCUT2D eigenvalue weighted by Crippen LogP contribution is 2.36. The highest BCUT2D eigenvalue weighted by molar-refractivity contribution is 6.27. The molecule has 4 nitrogen and oxygen atoms in total. The van der Waals surface area contributed by atoms with Gasteiger partial charge in [-0.15, -0.1) is 0 Å². The quantitative estimate of drug-likeness (QED) is 0.843. The van der Waals surface area contributed by atoms with E-state index in [-0.39, 0.29) is 17.7 Å². The van der Waals surface area contributed by atoms with Crippen LogP contribution in [0.5, 0.6) is 0 Å². The van der Waals surface area contributed by atoms with Crippen molar-refractivity contribution in [3.63, 3.8) is 0 Å². The fourth-order valence-electron chi connectivity index (χ4n) is 4.03. The zero-order valence-electron chi connectivity index (χ0n) is 14.1. The van der Waals surface area contributed by atoms with E-state index >= 15 is 0 Å². The number of ketones is 1. The van der Waals surface area contributed by atoms with Gasteiger partial charge in [0.1, 0.15) is 0 Å². The minimum Gasteiger partial charge on any atom is -0.323 e. The molecule has 0 saturated heterocycles. The Bertz CT molecular complexity index is 797. The molecule has 1 heterocycles. The summed E-state index contributed by atoms with van der Waals surface area (Å²) in [5.74, 6) is -0.448. The lowest BCUT2D eigenvalue weighted by molar-refractivity contribution is -0.121. The number of carbonyl (C=O) groups excluding carboxylic acids is 2. The number of benzene rings is 2. The molecule has 2 aromatic carbocycles. The molecule has 1 amide bonds. The summed E-state index contributed by atoms with van der Waals surface area (Å²) < 4.78 is 0. The van der Waals surface area contributed by atoms with Gasteiger partial charge in [0.25, 0.3) is 5.91 Å². The average molecular weight is 334 g/mol. The van der Waals surface area contributed by atoms with Crippen LogP contribution in [0.25, 0.3) is 0 Å². The highest BCUT2D eigenvalue weighted by atomic mass is 16.2. The topological polar surface area (TPSA) is 58.2 Å². The first kappa shape index (κ1) is 16.0. The van der Waals surface area contributed by atoms with Gasteiger partial charge in [0.15, 0.2) is 11.3 Å². The maximum absolute atomic E-state index is 13.5. The Morgan fingerprint density at radius 1 is 0.880 bits per heavy atom. The third-order valence-electron chi connectivity index (χ3n) is 5.33. The summed E-state index contributed by atoms with van der Waals surface area (Å²) in [7, 11) is 0. The van der Waals surface area contributed by atoms with Crippen LogP contribution in [-0.4, -0.2) is 17.7 Å². The molecule has 1 fully saturated rings. The van der Waals surface area contributed by atoms with Crippen molar-refractivity contribution in [1.29, 1.82) is 0 Å². The number of hydrogen-bond acceptors (Lipinski definition) is 3. The van der Waals surface area contributed by atoms with Crippen LogP contribution in [0.2, 0.25) is 0 Å². The van der Waals surface area contributed by atoms with E-state index in [0.29, 0.717) is 16.8 Å². The van der Waals surface area contributed by atoms with E-state index in [0.717, 1.165) is 25.7 Å². The lowest BCUT2D eigenvalue weighted by atomic mass is 9.77. The molecule has 128 valence electrons. The van der Waals surface area contributed by atoms with E-state index in [1.807, 2.05) is 42.5 Å². The van der Waals surface area contributed by atoms with Crippen LogP contribution in [0, 0.1) is 0 Å². The second-order valence-corrected chi connectivity index (χ2v) is 6.92. The Balaban J connectivity index is 1.83. The minimum atomic E-state index is -1.35. The molecule has 1 aliphatic carbocycles. The normalized spacial score (nSPS) is 23.8. The number of Topliss-reactive ketones (excluding diaryl/α,β-unsaturated/α-hetero) is 1. The molecule has 0 spiro atoms. The molecular formula is C21H22N2O2. The molecule has 2 aromatic rings. The number of rotatable bonds is 3. The predicted molar refractivity (Wildman–Crippen MR) is 97.5 cm³/mol. The molecule has 1 aliphatic heterocycles. The first-order chi connectivity index (χ1) is 12.2. The van der Waals surface area contributed by atoms with Crippen LogP contribution >= 0.6 is 0 Å². The van der Waals surface area contributed by atoms with E-state index in [4.69, 9.17) is 0 Å². The van der Waals surface area contributed by atoms with Crippen molar-refractivity contribution in [3.8, 4) is 0 Å². The number of amides is 1. The van der Waals surface area contributed by atoms with Gasteiger partial charge in [0, 0.05) is 11.6 Å². The summed E-state index contributed by atoms with van der Waals surface area (Å²) in [4.78, 5) is 26.7. The summed E-state index contributed by atoms with van der Waals surface area (Å²) in [6.45, 7) is 0. The van der Waals surface area contributed by atoms with Crippen molar-refractivity contribution in [2.75, 3.05) is 5.32 Å². The van der Waals surface area contributed by atoms with Crippen LogP contribution in [0.15, 0.2) is 54.6 Å². The Morgan fingerprint density at radius 3 is 2.32 bits per heavy atom. The van der Waals surface area contributed by atoms with Crippen molar-refractivity contribution in [2.45, 2.75) is 43.7 Å². The van der Waals surface area contributed by atoms with Gasteiger partial charge in [-0.05, 0) is 30.5 Å². The molecule has 4 heteroatoms. The largest absolute Gasteiger partial charge is 0.323 e. The van der Waals surface area contributed by atoms with Gasteiger partial charge in [0.2, 0.25) is 0 Å². The molecule has 25 heavy (non-hydrogen) atoms. The number of nitrogens with one attached hydrogen (secondary N) is 2. The lowest BCUT2D eigenvalue weighted by Crippen LogP contribution is -2.62. The van der Waals surface area contributed by atoms with Gasteiger partial charge in [0.05, 0.1) is 5.69 Å². The minimum absolute atomic E-state index is 0.163. The van der Waals surface area contributed by atoms with Crippen molar-refractivity contribution in [2.24, 2.45) is 0 Å². The molecule has 0 bridgehead atoms. The predicted octanol–water partition coefficient (Wildman–Crippen LogP) is 3.64. The first-order valence-corrected chi connectivity index (χ1v) is 9.00. The van der Waals surface area contributed by atoms with Crippen LogP contribution in [-0.2, 0) is 10.3 Å². The van der Waals surface area contributed by atoms with Gasteiger partial charge in [-0.25, -0.2) is 0 Å². The van der Waals surface area contributed by atoms with Crippen molar-refractivity contribution < 1.29 is 9.59 Å². The molecule has 1 atom stereocenters. The SMILES string of the molecule is O=C1Nc2ccccc2C(=O)C1(NC1CCCCC1)c1ccccc1. The Labute approximate surface area is 147 Å². The average Bonchev–Trinajstić information content (AvgIpc) is 2.67. The van der Waals surface area contributed by atoms with E-state index in [9.17, 15) is 9.59 Å². The van der Waals surface area contributed by atoms with Gasteiger partial charge < -0.3 is 5.32 Å². The van der Waals surface area contributed by atoms with Crippen LogP contribution in [0.3, 0.4) is 0 Å². The summed E-state index contributed by atoms with van der Waals surface area (Å²) in [6, 6.07) is 16.8. The van der Waals surface area contributed by atoms with E-state index < -0.39 is 5.54 Å². The van der Waals surface area contributed by atoms with Crippen LogP contribution in [0.4, 0.5) is 5.69 Å². The molecule has 4 rings (SSSR count). The van der Waals surface area contributed by atoms with Gasteiger partial charge >= 0.3 is 0 Å². The van der Waals surface area contributed by atoms with Crippen molar-refractivity contribution >= 4 is 17.4 Å². The number of para-hydroxylation sites is 1. The fraction of sp³-hybridized carbons (Fsp3) is 0.333. The van der Waals surface area contributed by atoms with Gasteiger partial charge in [-0.2, -0.15) is 0 Å². The van der Waals surface area contributed by atoms with Crippen molar-refractivity contribution in [3.05, 3.63) is 65.7 Å². The summed E-state index contributed by atoms with van der Waals surface area (Å²) in [5.41, 5.74) is 0.513. The molecule has 2 N–H and O–H groups in total. The lowest BCUT2D eigenvalue weighted by Gasteiger charge is -2.40. The van der Waals surface area contributed by atoms with E-state index in [2.05, 4.69) is 10.6 Å². The number of fused-ring (bicyclic) bond motifs is 1. The molecule has 1 unspecified atom stereocenters. The number of hydrogen-bond donors (Lipinski definition) is 2. The monoisotopic (exact) mass is 334 g/mol. The standard InChI is InChI=1S/C21H22N2O2/c24-19-17-13-7-8-14-18(17)22-20(25)21(19,15-9-3-1-4-10-15)23-16-11-5-2-6-12-16/h1,3-4,7-10,13-14,16,23H,2,5-6,11-12H2,(H,22,25). The smallest absolute Gasteiger partial charge is 0.257 e. The van der Waals surface area contributed by atoms with Crippen LogP contribution < -0.4 is 10.6 Å². The molecular weight excluding hydrogens is 312 g/mol. The van der Waals surface area contributed by atoms with Gasteiger partial charge in [-0.3, -0.25) is 14.9 Å². The Kier molecular flexibility index (Phi) is 4.14. The third kappa shape index (κ3) is 2.67. The maximum Gasteiger partial charge on any atom is 0.257 e. The second kappa shape index (κ2) is 6.45. The number of anilines is 1. The summed E-state index contributed by atoms with van der Waals surface area (Å²) >= 11 is 0. The third-order valence-corrected chi connectivity index (χ3v) is 5.33. The molecule has 0 radical (unpaired) electrons. The first-order valence-electron chi connectivity index (χ1n) is 9.00. The fourth-order valence-corrected chi connectivity index (χ4v) is 4.03. The maximum atomic E-state index is 13.5. The van der Waals surface area contributed by atoms with Crippen molar-refractivity contribution in [1.82, 2.24) is 5.32 Å². The van der Waals surface area contributed by atoms with Crippen LogP contribution in [0.1, 0.15) is 48.0 Å². The van der Waals surface area contributed by atoms with E-state index in [1.165, 1.54) is 6.42 Å². The zero-order valence-corrected chi connectivity index (χ0v) is 14.1. The summed E-state index contributed by atoms with van der Waals surface area (Å²) in [6.07, 6.45) is 5.48.